The highest BCUT2D eigenvalue weighted by atomic mass is 14.9. The van der Waals surface area contributed by atoms with E-state index in [1.807, 2.05) is 0 Å². The summed E-state index contributed by atoms with van der Waals surface area (Å²) >= 11 is 0. The predicted octanol–water partition coefficient (Wildman–Crippen LogP) is 2.45. The molecule has 2 atom stereocenters. The molecule has 1 aliphatic heterocycles. The largest absolute Gasteiger partial charge is 0.324 e. The second kappa shape index (κ2) is 4.98. The first-order chi connectivity index (χ1) is 7.66. The van der Waals surface area contributed by atoms with Gasteiger partial charge in [-0.15, -0.1) is 0 Å². The van der Waals surface area contributed by atoms with Crippen molar-refractivity contribution >= 4 is 0 Å². The third-order valence-corrected chi connectivity index (χ3v) is 3.53. The second-order valence-corrected chi connectivity index (χ2v) is 5.00. The molecule has 2 heteroatoms. The Balaban J connectivity index is 2.04. The molecule has 0 spiro atoms. The van der Waals surface area contributed by atoms with Crippen molar-refractivity contribution in [2.75, 3.05) is 6.54 Å². The molecule has 0 aliphatic carbocycles. The molecule has 1 fully saturated rings. The van der Waals surface area contributed by atoms with Gasteiger partial charge in [0.15, 0.2) is 0 Å². The zero-order chi connectivity index (χ0) is 11.5. The molecule has 16 heavy (non-hydrogen) atoms. The van der Waals surface area contributed by atoms with Gasteiger partial charge in [0.2, 0.25) is 0 Å². The molecular formula is C14H22N2. The lowest BCUT2D eigenvalue weighted by Gasteiger charge is -2.19. The molecular weight excluding hydrogens is 196 g/mol. The topological polar surface area (TPSA) is 38.0 Å². The fourth-order valence-corrected chi connectivity index (χ4v) is 2.63. The molecule has 0 saturated carbocycles. The fraction of sp³-hybridized carbons (Fsp3) is 0.571. The van der Waals surface area contributed by atoms with Crippen LogP contribution in [0.2, 0.25) is 0 Å². The van der Waals surface area contributed by atoms with Crippen LogP contribution in [0.15, 0.2) is 18.2 Å². The minimum Gasteiger partial charge on any atom is -0.324 e. The van der Waals surface area contributed by atoms with Crippen LogP contribution in [0.4, 0.5) is 0 Å². The molecule has 0 aromatic heterocycles. The van der Waals surface area contributed by atoms with Crippen LogP contribution in [-0.4, -0.2) is 12.6 Å². The van der Waals surface area contributed by atoms with E-state index in [1.54, 1.807) is 0 Å². The summed E-state index contributed by atoms with van der Waals surface area (Å²) in [5.74, 6) is 0. The van der Waals surface area contributed by atoms with E-state index in [0.29, 0.717) is 6.04 Å². The Bertz CT molecular complexity index is 354. The van der Waals surface area contributed by atoms with Crippen molar-refractivity contribution in [3.63, 3.8) is 0 Å². The van der Waals surface area contributed by atoms with E-state index in [2.05, 4.69) is 37.4 Å². The zero-order valence-corrected chi connectivity index (χ0v) is 10.3. The van der Waals surface area contributed by atoms with Gasteiger partial charge in [0.1, 0.15) is 0 Å². The summed E-state index contributed by atoms with van der Waals surface area (Å²) in [7, 11) is 0. The van der Waals surface area contributed by atoms with Gasteiger partial charge in [0.05, 0.1) is 0 Å². The molecule has 2 nitrogen and oxygen atoms in total. The molecule has 3 N–H and O–H groups in total. The maximum absolute atomic E-state index is 6.29. The number of hydrogen-bond donors (Lipinski definition) is 2. The first-order valence-corrected chi connectivity index (χ1v) is 6.23. The molecule has 2 unspecified atom stereocenters. The minimum absolute atomic E-state index is 0.177. The van der Waals surface area contributed by atoms with Gasteiger partial charge < -0.3 is 11.1 Å². The highest BCUT2D eigenvalue weighted by molar-refractivity contribution is 5.32. The van der Waals surface area contributed by atoms with Crippen LogP contribution in [0.5, 0.6) is 0 Å². The maximum atomic E-state index is 6.29. The summed E-state index contributed by atoms with van der Waals surface area (Å²) in [5.41, 5.74) is 10.2. The maximum Gasteiger partial charge on any atom is 0.0312 e. The van der Waals surface area contributed by atoms with E-state index >= 15 is 0 Å². The Morgan fingerprint density at radius 3 is 2.88 bits per heavy atom. The molecule has 0 bridgehead atoms. The van der Waals surface area contributed by atoms with E-state index in [9.17, 15) is 0 Å². The van der Waals surface area contributed by atoms with E-state index in [4.69, 9.17) is 5.73 Å². The van der Waals surface area contributed by atoms with E-state index < -0.39 is 0 Å². The predicted molar refractivity (Wildman–Crippen MR) is 68.5 cm³/mol. The van der Waals surface area contributed by atoms with Gasteiger partial charge in [-0.2, -0.15) is 0 Å². The van der Waals surface area contributed by atoms with Crippen LogP contribution in [-0.2, 0) is 0 Å². The van der Waals surface area contributed by atoms with Crippen molar-refractivity contribution in [2.45, 2.75) is 45.2 Å². The second-order valence-electron chi connectivity index (χ2n) is 5.00. The normalized spacial score (nSPS) is 22.3. The quantitative estimate of drug-likeness (QED) is 0.818. The standard InChI is InChI=1S/C14H22N2/c1-10-5-6-13(11(2)8-10)14(15)9-12-4-3-7-16-12/h5-6,8,12,14,16H,3-4,7,9,15H2,1-2H3. The number of rotatable bonds is 3. The third-order valence-electron chi connectivity index (χ3n) is 3.53. The summed E-state index contributed by atoms with van der Waals surface area (Å²) in [6.07, 6.45) is 3.63. The lowest BCUT2D eigenvalue weighted by molar-refractivity contribution is 0.498. The average molecular weight is 218 g/mol. The summed E-state index contributed by atoms with van der Waals surface area (Å²) in [6.45, 7) is 5.44. The first kappa shape index (κ1) is 11.6. The molecule has 1 aliphatic rings. The van der Waals surface area contributed by atoms with E-state index in [0.717, 1.165) is 13.0 Å². The molecule has 1 aromatic rings. The number of aryl methyl sites for hydroxylation is 2. The van der Waals surface area contributed by atoms with Gasteiger partial charge >= 0.3 is 0 Å². The van der Waals surface area contributed by atoms with Gasteiger partial charge in [-0.05, 0) is 50.8 Å². The fourth-order valence-electron chi connectivity index (χ4n) is 2.63. The highest BCUT2D eigenvalue weighted by Crippen LogP contribution is 2.23. The van der Waals surface area contributed by atoms with Gasteiger partial charge in [-0.3, -0.25) is 0 Å². The summed E-state index contributed by atoms with van der Waals surface area (Å²) in [5, 5.41) is 3.51. The molecule has 2 rings (SSSR count). The summed E-state index contributed by atoms with van der Waals surface area (Å²) < 4.78 is 0. The smallest absolute Gasteiger partial charge is 0.0312 e. The zero-order valence-electron chi connectivity index (χ0n) is 10.3. The lowest BCUT2D eigenvalue weighted by Crippen LogP contribution is -2.27. The van der Waals surface area contributed by atoms with Crippen LogP contribution < -0.4 is 11.1 Å². The van der Waals surface area contributed by atoms with Crippen LogP contribution >= 0.6 is 0 Å². The Labute approximate surface area is 98.2 Å². The Hall–Kier alpha value is -0.860. The van der Waals surface area contributed by atoms with Crippen molar-refractivity contribution in [3.8, 4) is 0 Å². The lowest BCUT2D eigenvalue weighted by atomic mass is 9.94. The van der Waals surface area contributed by atoms with Crippen molar-refractivity contribution in [3.05, 3.63) is 34.9 Å². The third kappa shape index (κ3) is 2.63. The SMILES string of the molecule is Cc1ccc(C(N)CC2CCCN2)c(C)c1. The van der Waals surface area contributed by atoms with Crippen molar-refractivity contribution in [1.82, 2.24) is 5.32 Å². The van der Waals surface area contributed by atoms with E-state index in [1.165, 1.54) is 29.5 Å². The Morgan fingerprint density at radius 2 is 2.25 bits per heavy atom. The molecule has 0 radical (unpaired) electrons. The van der Waals surface area contributed by atoms with Gasteiger partial charge in [0, 0.05) is 12.1 Å². The van der Waals surface area contributed by atoms with Crippen molar-refractivity contribution in [2.24, 2.45) is 5.73 Å². The van der Waals surface area contributed by atoms with E-state index in [-0.39, 0.29) is 6.04 Å². The minimum atomic E-state index is 0.177. The van der Waals surface area contributed by atoms with Crippen LogP contribution in [0.1, 0.15) is 42.0 Å². The van der Waals surface area contributed by atoms with Gasteiger partial charge in [0.25, 0.3) is 0 Å². The van der Waals surface area contributed by atoms with Crippen LogP contribution in [0.3, 0.4) is 0 Å². The summed E-state index contributed by atoms with van der Waals surface area (Å²) in [4.78, 5) is 0. The van der Waals surface area contributed by atoms with Gasteiger partial charge in [-0.1, -0.05) is 23.8 Å². The van der Waals surface area contributed by atoms with Crippen molar-refractivity contribution in [1.29, 1.82) is 0 Å². The molecule has 1 saturated heterocycles. The summed E-state index contributed by atoms with van der Waals surface area (Å²) in [6, 6.07) is 7.36. The molecule has 1 aromatic carbocycles. The van der Waals surface area contributed by atoms with Crippen LogP contribution in [0, 0.1) is 13.8 Å². The molecule has 0 amide bonds. The number of nitrogens with one attached hydrogen (secondary N) is 1. The Morgan fingerprint density at radius 1 is 1.44 bits per heavy atom. The number of hydrogen-bond acceptors (Lipinski definition) is 2. The molecule has 88 valence electrons. The monoisotopic (exact) mass is 218 g/mol. The Kier molecular flexibility index (Phi) is 3.62. The van der Waals surface area contributed by atoms with Crippen molar-refractivity contribution < 1.29 is 0 Å². The molecule has 1 heterocycles. The highest BCUT2D eigenvalue weighted by Gasteiger charge is 2.19. The van der Waals surface area contributed by atoms with Crippen LogP contribution in [0.25, 0.3) is 0 Å². The number of benzene rings is 1. The number of nitrogens with two attached hydrogens (primary N) is 1. The average Bonchev–Trinajstić information content (AvgIpc) is 2.70. The van der Waals surface area contributed by atoms with Gasteiger partial charge in [-0.25, -0.2) is 0 Å². The first-order valence-electron chi connectivity index (χ1n) is 6.23.